The summed E-state index contributed by atoms with van der Waals surface area (Å²) in [6, 6.07) is 1.34. The van der Waals surface area contributed by atoms with Crippen molar-refractivity contribution < 1.29 is 14.4 Å². The van der Waals surface area contributed by atoms with Gasteiger partial charge in [-0.3, -0.25) is 14.4 Å². The van der Waals surface area contributed by atoms with E-state index in [1.54, 1.807) is 0 Å². The highest BCUT2D eigenvalue weighted by atomic mass is 35.5. The van der Waals surface area contributed by atoms with E-state index in [4.69, 9.17) is 34.7 Å². The van der Waals surface area contributed by atoms with Crippen molar-refractivity contribution in [3.8, 4) is 0 Å². The lowest BCUT2D eigenvalue weighted by Crippen LogP contribution is -2.13. The third-order valence-electron chi connectivity index (χ3n) is 2.53. The molecule has 102 valence electrons. The molecule has 0 heterocycles. The minimum Gasteiger partial charge on any atom is -0.397 e. The summed E-state index contributed by atoms with van der Waals surface area (Å²) in [6.07, 6.45) is -0.377. The Morgan fingerprint density at radius 3 is 2.26 bits per heavy atom. The minimum atomic E-state index is -0.627. The number of carbonyl (C=O) groups excluding carboxylic acids is 3. The largest absolute Gasteiger partial charge is 0.397 e. The maximum absolute atomic E-state index is 12.0. The van der Waals surface area contributed by atoms with Crippen LogP contribution in [0.1, 0.15) is 30.1 Å². The predicted molar refractivity (Wildman–Crippen MR) is 74.5 cm³/mol. The average molecular weight is 303 g/mol. The van der Waals surface area contributed by atoms with E-state index < -0.39 is 17.3 Å². The van der Waals surface area contributed by atoms with Gasteiger partial charge in [-0.1, -0.05) is 23.2 Å². The van der Waals surface area contributed by atoms with E-state index in [0.29, 0.717) is 0 Å². The number of benzene rings is 1. The van der Waals surface area contributed by atoms with Crippen molar-refractivity contribution in [2.24, 2.45) is 0 Å². The molecular formula is C12H12Cl2N2O3. The first-order valence-corrected chi connectivity index (χ1v) is 6.11. The fraction of sp³-hybridized carbons (Fsp3) is 0.250. The van der Waals surface area contributed by atoms with Crippen LogP contribution in [-0.2, 0) is 9.59 Å². The molecule has 5 nitrogen and oxygen atoms in total. The van der Waals surface area contributed by atoms with Gasteiger partial charge in [-0.05, 0) is 6.07 Å². The highest BCUT2D eigenvalue weighted by molar-refractivity contribution is 6.41. The van der Waals surface area contributed by atoms with Crippen LogP contribution < -0.4 is 11.5 Å². The van der Waals surface area contributed by atoms with Gasteiger partial charge in [0.05, 0.1) is 27.0 Å². The zero-order chi connectivity index (χ0) is 14.7. The van der Waals surface area contributed by atoms with Crippen LogP contribution in [0.3, 0.4) is 0 Å². The van der Waals surface area contributed by atoms with Gasteiger partial charge in [-0.25, -0.2) is 0 Å². The molecule has 0 bridgehead atoms. The molecule has 4 N–H and O–H groups in total. The monoisotopic (exact) mass is 302 g/mol. The SMILES string of the molecule is CC(=O)C(=O)CCC(=O)c1c(N)c(Cl)cc(N)c1Cl. The molecule has 1 aromatic carbocycles. The molecule has 0 spiro atoms. The van der Waals surface area contributed by atoms with Crippen molar-refractivity contribution in [1.82, 2.24) is 0 Å². The summed E-state index contributed by atoms with van der Waals surface area (Å²) in [5, 5.41) is 0.116. The van der Waals surface area contributed by atoms with Crippen LogP contribution in [0.15, 0.2) is 6.07 Å². The topological polar surface area (TPSA) is 103 Å². The van der Waals surface area contributed by atoms with Gasteiger partial charge in [0.1, 0.15) is 0 Å². The Balaban J connectivity index is 3.01. The summed E-state index contributed by atoms with van der Waals surface area (Å²) >= 11 is 11.7. The van der Waals surface area contributed by atoms with Crippen molar-refractivity contribution in [3.63, 3.8) is 0 Å². The van der Waals surface area contributed by atoms with Crippen LogP contribution in [0.2, 0.25) is 10.0 Å². The predicted octanol–water partition coefficient (Wildman–Crippen LogP) is 2.28. The highest BCUT2D eigenvalue weighted by Gasteiger charge is 2.20. The van der Waals surface area contributed by atoms with Gasteiger partial charge in [0.25, 0.3) is 0 Å². The Bertz CT molecular complexity index is 544. The average Bonchev–Trinajstić information content (AvgIpc) is 2.33. The second-order valence-corrected chi connectivity index (χ2v) is 4.74. The molecule has 0 aliphatic carbocycles. The molecule has 0 fully saturated rings. The second-order valence-electron chi connectivity index (χ2n) is 3.95. The molecule has 0 aliphatic rings. The Kier molecular flexibility index (Phi) is 4.91. The lowest BCUT2D eigenvalue weighted by atomic mass is 10.0. The zero-order valence-corrected chi connectivity index (χ0v) is 11.6. The Hall–Kier alpha value is -1.59. The summed E-state index contributed by atoms with van der Waals surface area (Å²) in [5.74, 6) is -1.71. The molecule has 19 heavy (non-hydrogen) atoms. The van der Waals surface area contributed by atoms with Crippen LogP contribution in [0.5, 0.6) is 0 Å². The van der Waals surface area contributed by atoms with E-state index in [0.717, 1.165) is 6.92 Å². The normalized spacial score (nSPS) is 10.3. The van der Waals surface area contributed by atoms with E-state index >= 15 is 0 Å². The van der Waals surface area contributed by atoms with E-state index in [1.807, 2.05) is 0 Å². The van der Waals surface area contributed by atoms with E-state index in [1.165, 1.54) is 6.07 Å². The van der Waals surface area contributed by atoms with E-state index in [2.05, 4.69) is 0 Å². The summed E-state index contributed by atoms with van der Waals surface area (Å²) in [4.78, 5) is 33.9. The maximum atomic E-state index is 12.0. The molecule has 0 unspecified atom stereocenters. The number of anilines is 2. The molecule has 0 saturated carbocycles. The number of nitrogens with two attached hydrogens (primary N) is 2. The molecular weight excluding hydrogens is 291 g/mol. The maximum Gasteiger partial charge on any atom is 0.198 e. The first kappa shape index (κ1) is 15.5. The van der Waals surface area contributed by atoms with Crippen molar-refractivity contribution in [1.29, 1.82) is 0 Å². The van der Waals surface area contributed by atoms with Crippen LogP contribution in [-0.4, -0.2) is 17.3 Å². The van der Waals surface area contributed by atoms with Crippen molar-refractivity contribution >= 4 is 51.9 Å². The lowest BCUT2D eigenvalue weighted by Gasteiger charge is -2.10. The molecule has 7 heteroatoms. The zero-order valence-electron chi connectivity index (χ0n) is 10.1. The first-order chi connectivity index (χ1) is 8.75. The summed E-state index contributed by atoms with van der Waals surface area (Å²) in [7, 11) is 0. The molecule has 1 aromatic rings. The number of halogens is 2. The molecule has 0 aliphatic heterocycles. The molecule has 1 rings (SSSR count). The van der Waals surface area contributed by atoms with E-state index in [9.17, 15) is 14.4 Å². The third-order valence-corrected chi connectivity index (χ3v) is 3.25. The highest BCUT2D eigenvalue weighted by Crippen LogP contribution is 2.35. The number of Topliss-reactive ketones (excluding diaryl/α,β-unsaturated/α-hetero) is 3. The van der Waals surface area contributed by atoms with Gasteiger partial charge in [0, 0.05) is 19.8 Å². The number of hydrogen-bond donors (Lipinski definition) is 2. The minimum absolute atomic E-state index is 0.00201. The third kappa shape index (κ3) is 3.45. The van der Waals surface area contributed by atoms with Crippen LogP contribution in [0.4, 0.5) is 11.4 Å². The molecule has 0 radical (unpaired) electrons. The molecule has 0 aromatic heterocycles. The Labute approximate surface area is 119 Å². The molecule has 0 amide bonds. The smallest absolute Gasteiger partial charge is 0.198 e. The van der Waals surface area contributed by atoms with Gasteiger partial charge in [0.2, 0.25) is 0 Å². The molecule has 0 atom stereocenters. The Morgan fingerprint density at radius 2 is 1.74 bits per heavy atom. The van der Waals surface area contributed by atoms with Gasteiger partial charge < -0.3 is 11.5 Å². The number of ketones is 3. The fourth-order valence-corrected chi connectivity index (χ4v) is 1.93. The number of rotatable bonds is 5. The number of carbonyl (C=O) groups is 3. The fourth-order valence-electron chi connectivity index (χ4n) is 1.46. The van der Waals surface area contributed by atoms with Gasteiger partial charge in [-0.2, -0.15) is 0 Å². The number of nitrogen functional groups attached to an aromatic ring is 2. The lowest BCUT2D eigenvalue weighted by molar-refractivity contribution is -0.135. The Morgan fingerprint density at radius 1 is 1.16 bits per heavy atom. The van der Waals surface area contributed by atoms with Crippen LogP contribution >= 0.6 is 23.2 Å². The van der Waals surface area contributed by atoms with Gasteiger partial charge in [-0.15, -0.1) is 0 Å². The van der Waals surface area contributed by atoms with Crippen molar-refractivity contribution in [3.05, 3.63) is 21.7 Å². The quantitative estimate of drug-likeness (QED) is 0.493. The first-order valence-electron chi connectivity index (χ1n) is 5.35. The van der Waals surface area contributed by atoms with Gasteiger partial charge in [0.15, 0.2) is 17.3 Å². The number of hydrogen-bond acceptors (Lipinski definition) is 5. The van der Waals surface area contributed by atoms with Crippen molar-refractivity contribution in [2.45, 2.75) is 19.8 Å². The van der Waals surface area contributed by atoms with Gasteiger partial charge >= 0.3 is 0 Å². The molecule has 0 saturated heterocycles. The standard InChI is InChI=1S/C12H12Cl2N2O3/c1-5(17)8(18)2-3-9(19)10-11(14)7(15)4-6(13)12(10)16/h4H,2-3,15-16H2,1H3. The summed E-state index contributed by atoms with van der Waals surface area (Å²) < 4.78 is 0. The summed E-state index contributed by atoms with van der Waals surface area (Å²) in [5.41, 5.74) is 11.4. The summed E-state index contributed by atoms with van der Waals surface area (Å²) in [6.45, 7) is 1.14. The van der Waals surface area contributed by atoms with Crippen LogP contribution in [0.25, 0.3) is 0 Å². The van der Waals surface area contributed by atoms with Crippen molar-refractivity contribution in [2.75, 3.05) is 11.5 Å². The second kappa shape index (κ2) is 6.04. The van der Waals surface area contributed by atoms with Crippen LogP contribution in [0, 0.1) is 0 Å². The van der Waals surface area contributed by atoms with E-state index in [-0.39, 0.29) is 39.8 Å².